The van der Waals surface area contributed by atoms with Gasteiger partial charge in [0, 0.05) is 19.4 Å². The number of amides is 2. The number of hydrogen-bond acceptors (Lipinski definition) is 8. The van der Waals surface area contributed by atoms with Crippen LogP contribution in [-0.4, -0.2) is 32.2 Å². The quantitative estimate of drug-likeness (QED) is 0.584. The molecule has 0 spiro atoms. The molecular formula is C18H20N6O2S2. The highest BCUT2D eigenvalue weighted by Gasteiger charge is 2.15. The summed E-state index contributed by atoms with van der Waals surface area (Å²) in [5.41, 5.74) is 2.33. The van der Waals surface area contributed by atoms with Gasteiger partial charge in [0.05, 0.1) is 0 Å². The zero-order valence-corrected chi connectivity index (χ0v) is 17.2. The molecule has 3 rings (SSSR count). The average molecular weight is 417 g/mol. The normalized spacial score (nSPS) is 10.6. The summed E-state index contributed by atoms with van der Waals surface area (Å²) in [6.45, 7) is 4.41. The van der Waals surface area contributed by atoms with Gasteiger partial charge in [-0.3, -0.25) is 14.9 Å². The van der Waals surface area contributed by atoms with E-state index in [-0.39, 0.29) is 16.8 Å². The highest BCUT2D eigenvalue weighted by molar-refractivity contribution is 7.15. The molecule has 2 amide bonds. The van der Waals surface area contributed by atoms with E-state index in [2.05, 4.69) is 50.1 Å². The van der Waals surface area contributed by atoms with E-state index in [1.165, 1.54) is 28.2 Å². The fourth-order valence-corrected chi connectivity index (χ4v) is 3.67. The Bertz CT molecular complexity index is 951. The van der Waals surface area contributed by atoms with E-state index in [0.29, 0.717) is 29.5 Å². The van der Waals surface area contributed by atoms with E-state index in [1.54, 1.807) is 0 Å². The molecule has 2 aromatic heterocycles. The average Bonchev–Trinajstić information content (AvgIpc) is 3.34. The second-order valence-electron chi connectivity index (χ2n) is 6.03. The topological polar surface area (TPSA) is 110 Å². The molecule has 2 heterocycles. The minimum absolute atomic E-state index is 0.0647. The zero-order chi connectivity index (χ0) is 19.9. The monoisotopic (exact) mass is 416 g/mol. The second-order valence-corrected chi connectivity index (χ2v) is 8.27. The number of hydrogen-bond donors (Lipinski definition) is 2. The third-order valence-electron chi connectivity index (χ3n) is 3.89. The molecule has 0 unspecified atom stereocenters. The lowest BCUT2D eigenvalue weighted by Crippen LogP contribution is -2.22. The standard InChI is InChI=1S/C18H20N6O2S2/c1-3-12-4-6-13(7-5-12)10-19-14(25)8-9-15-22-23-17(28-15)16(26)20-18-24-21-11(2)27-18/h4-7H,3,8-10H2,1-2H3,(H,19,25)(H,20,24,26). The molecule has 0 saturated carbocycles. The number of aromatic nitrogens is 4. The van der Waals surface area contributed by atoms with Crippen molar-refractivity contribution in [1.82, 2.24) is 25.7 Å². The van der Waals surface area contributed by atoms with Crippen LogP contribution in [0.3, 0.4) is 0 Å². The first-order valence-electron chi connectivity index (χ1n) is 8.82. The lowest BCUT2D eigenvalue weighted by Gasteiger charge is -2.05. The van der Waals surface area contributed by atoms with E-state index in [1.807, 2.05) is 19.1 Å². The predicted octanol–water partition coefficient (Wildman–Crippen LogP) is 2.76. The summed E-state index contributed by atoms with van der Waals surface area (Å²) in [5.74, 6) is -0.440. The van der Waals surface area contributed by atoms with Crippen LogP contribution in [0.25, 0.3) is 0 Å². The maximum atomic E-state index is 12.1. The van der Waals surface area contributed by atoms with Crippen LogP contribution >= 0.6 is 22.7 Å². The summed E-state index contributed by atoms with van der Waals surface area (Å²) >= 11 is 2.46. The number of benzene rings is 1. The molecule has 10 heteroatoms. The zero-order valence-electron chi connectivity index (χ0n) is 15.6. The SMILES string of the molecule is CCc1ccc(CNC(=O)CCc2nnc(C(=O)Nc3nnc(C)s3)s2)cc1. The van der Waals surface area contributed by atoms with Crippen LogP contribution in [0, 0.1) is 6.92 Å². The number of anilines is 1. The van der Waals surface area contributed by atoms with Crippen LogP contribution in [0.15, 0.2) is 24.3 Å². The van der Waals surface area contributed by atoms with Gasteiger partial charge in [0.1, 0.15) is 10.0 Å². The van der Waals surface area contributed by atoms with Gasteiger partial charge in [-0.1, -0.05) is 53.9 Å². The molecule has 0 radical (unpaired) electrons. The Kier molecular flexibility index (Phi) is 6.77. The van der Waals surface area contributed by atoms with Crippen molar-refractivity contribution < 1.29 is 9.59 Å². The Labute approximate surface area is 170 Å². The molecule has 2 N–H and O–H groups in total. The van der Waals surface area contributed by atoms with E-state index in [4.69, 9.17) is 0 Å². The van der Waals surface area contributed by atoms with E-state index >= 15 is 0 Å². The van der Waals surface area contributed by atoms with Crippen LogP contribution < -0.4 is 10.6 Å². The fraction of sp³-hybridized carbons (Fsp3) is 0.333. The van der Waals surface area contributed by atoms with Gasteiger partial charge in [0.2, 0.25) is 16.0 Å². The van der Waals surface area contributed by atoms with Crippen molar-refractivity contribution in [3.05, 3.63) is 50.4 Å². The molecule has 8 nitrogen and oxygen atoms in total. The summed E-state index contributed by atoms with van der Waals surface area (Å²) in [6.07, 6.45) is 1.72. The van der Waals surface area contributed by atoms with Crippen molar-refractivity contribution in [2.24, 2.45) is 0 Å². The summed E-state index contributed by atoms with van der Waals surface area (Å²) in [5, 5.41) is 23.2. The van der Waals surface area contributed by atoms with Crippen molar-refractivity contribution in [2.75, 3.05) is 5.32 Å². The highest BCUT2D eigenvalue weighted by Crippen LogP contribution is 2.17. The molecule has 146 valence electrons. The molecule has 0 aliphatic heterocycles. The Hall–Kier alpha value is -2.72. The molecular weight excluding hydrogens is 396 g/mol. The molecule has 28 heavy (non-hydrogen) atoms. The predicted molar refractivity (Wildman–Crippen MR) is 108 cm³/mol. The minimum atomic E-state index is -0.375. The third kappa shape index (κ3) is 5.64. The van der Waals surface area contributed by atoms with Gasteiger partial charge >= 0.3 is 0 Å². The fourth-order valence-electron chi connectivity index (χ4n) is 2.35. The van der Waals surface area contributed by atoms with Gasteiger partial charge in [-0.05, 0) is 24.5 Å². The first-order valence-corrected chi connectivity index (χ1v) is 10.4. The Morgan fingerprint density at radius 3 is 2.43 bits per heavy atom. The van der Waals surface area contributed by atoms with Crippen molar-refractivity contribution >= 4 is 39.6 Å². The lowest BCUT2D eigenvalue weighted by atomic mass is 10.1. The van der Waals surface area contributed by atoms with Gasteiger partial charge in [-0.25, -0.2) is 0 Å². The maximum absolute atomic E-state index is 12.1. The Balaban J connectivity index is 1.44. The first-order chi connectivity index (χ1) is 13.5. The largest absolute Gasteiger partial charge is 0.352 e. The van der Waals surface area contributed by atoms with Gasteiger partial charge in [-0.2, -0.15) is 0 Å². The van der Waals surface area contributed by atoms with Gasteiger partial charge in [0.15, 0.2) is 0 Å². The summed E-state index contributed by atoms with van der Waals surface area (Å²) in [6, 6.07) is 8.18. The molecule has 0 aliphatic carbocycles. The lowest BCUT2D eigenvalue weighted by molar-refractivity contribution is -0.121. The molecule has 0 bridgehead atoms. The number of carbonyl (C=O) groups is 2. The van der Waals surface area contributed by atoms with Gasteiger partial charge < -0.3 is 5.32 Å². The molecule has 3 aromatic rings. The number of nitrogens with one attached hydrogen (secondary N) is 2. The summed E-state index contributed by atoms with van der Waals surface area (Å²) in [4.78, 5) is 24.2. The summed E-state index contributed by atoms with van der Waals surface area (Å²) < 4.78 is 0. The van der Waals surface area contributed by atoms with Crippen LogP contribution in [0.4, 0.5) is 5.13 Å². The number of rotatable bonds is 8. The van der Waals surface area contributed by atoms with Crippen LogP contribution in [0.5, 0.6) is 0 Å². The third-order valence-corrected chi connectivity index (χ3v) is 5.63. The van der Waals surface area contributed by atoms with E-state index in [0.717, 1.165) is 17.0 Å². The van der Waals surface area contributed by atoms with E-state index < -0.39 is 0 Å². The van der Waals surface area contributed by atoms with Crippen molar-refractivity contribution in [3.8, 4) is 0 Å². The van der Waals surface area contributed by atoms with Crippen LogP contribution in [0.1, 0.15) is 44.3 Å². The van der Waals surface area contributed by atoms with Crippen LogP contribution in [-0.2, 0) is 24.2 Å². The second kappa shape index (κ2) is 9.47. The number of aryl methyl sites for hydroxylation is 3. The van der Waals surface area contributed by atoms with Crippen molar-refractivity contribution in [1.29, 1.82) is 0 Å². The first kappa shape index (κ1) is 20.0. The molecule has 1 aromatic carbocycles. The Morgan fingerprint density at radius 2 is 1.75 bits per heavy atom. The molecule has 0 aliphatic rings. The van der Waals surface area contributed by atoms with Crippen molar-refractivity contribution in [2.45, 2.75) is 39.7 Å². The Morgan fingerprint density at radius 1 is 1.00 bits per heavy atom. The molecule has 0 atom stereocenters. The summed E-state index contributed by atoms with van der Waals surface area (Å²) in [7, 11) is 0. The molecule has 0 saturated heterocycles. The maximum Gasteiger partial charge on any atom is 0.288 e. The smallest absolute Gasteiger partial charge is 0.288 e. The molecule has 0 fully saturated rings. The van der Waals surface area contributed by atoms with E-state index in [9.17, 15) is 9.59 Å². The minimum Gasteiger partial charge on any atom is -0.352 e. The highest BCUT2D eigenvalue weighted by atomic mass is 32.1. The van der Waals surface area contributed by atoms with Crippen molar-refractivity contribution in [3.63, 3.8) is 0 Å². The van der Waals surface area contributed by atoms with Gasteiger partial charge in [-0.15, -0.1) is 20.4 Å². The van der Waals surface area contributed by atoms with Gasteiger partial charge in [0.25, 0.3) is 5.91 Å². The number of nitrogens with zero attached hydrogens (tertiary/aromatic N) is 4. The van der Waals surface area contributed by atoms with Crippen LogP contribution in [0.2, 0.25) is 0 Å². The number of carbonyl (C=O) groups excluding carboxylic acids is 2.